The largest absolute Gasteiger partial charge is 0.489 e. The maximum Gasteiger partial charge on any atom is 0.257 e. The van der Waals surface area contributed by atoms with E-state index >= 15 is 0 Å². The maximum atomic E-state index is 13.4. The van der Waals surface area contributed by atoms with Gasteiger partial charge in [-0.05, 0) is 26.0 Å². The van der Waals surface area contributed by atoms with Gasteiger partial charge in [0.15, 0.2) is 11.6 Å². The predicted octanol–water partition coefficient (Wildman–Crippen LogP) is 2.32. The van der Waals surface area contributed by atoms with E-state index in [-0.39, 0.29) is 18.3 Å². The van der Waals surface area contributed by atoms with Gasteiger partial charge < -0.3 is 9.64 Å². The van der Waals surface area contributed by atoms with Gasteiger partial charge in [0.05, 0.1) is 17.8 Å². The van der Waals surface area contributed by atoms with E-state index in [2.05, 4.69) is 10.2 Å². The number of rotatable bonds is 5. The van der Waals surface area contributed by atoms with Crippen LogP contribution >= 0.6 is 0 Å². The fraction of sp³-hybridized carbons (Fsp3) is 0.333. The van der Waals surface area contributed by atoms with Gasteiger partial charge in [-0.2, -0.15) is 5.10 Å². The Bertz CT molecular complexity index is 620. The number of aryl methyl sites for hydroxylation is 2. The molecule has 0 atom stereocenters. The summed E-state index contributed by atoms with van der Waals surface area (Å²) < 4.78 is 18.7. The molecule has 21 heavy (non-hydrogen) atoms. The fourth-order valence-electron chi connectivity index (χ4n) is 2.01. The van der Waals surface area contributed by atoms with Gasteiger partial charge in [-0.1, -0.05) is 12.1 Å². The molecule has 0 spiro atoms. The molecule has 0 radical (unpaired) electrons. The first-order chi connectivity index (χ1) is 10.0. The zero-order valence-corrected chi connectivity index (χ0v) is 12.3. The van der Waals surface area contributed by atoms with Crippen molar-refractivity contribution in [2.24, 2.45) is 0 Å². The first kappa shape index (κ1) is 15.0. The van der Waals surface area contributed by atoms with E-state index in [9.17, 15) is 9.18 Å². The molecule has 5 nitrogen and oxygen atoms in total. The zero-order chi connectivity index (χ0) is 15.4. The highest BCUT2D eigenvalue weighted by atomic mass is 19.1. The van der Waals surface area contributed by atoms with Crippen LogP contribution in [0.3, 0.4) is 0 Å². The van der Waals surface area contributed by atoms with Gasteiger partial charge in [0.25, 0.3) is 5.91 Å². The molecule has 1 heterocycles. The number of halogens is 1. The monoisotopic (exact) mass is 291 g/mol. The normalized spacial score (nSPS) is 10.5. The summed E-state index contributed by atoms with van der Waals surface area (Å²) in [6, 6.07) is 6.19. The Morgan fingerprint density at radius 2 is 2.10 bits per heavy atom. The van der Waals surface area contributed by atoms with Gasteiger partial charge in [0.1, 0.15) is 6.61 Å². The summed E-state index contributed by atoms with van der Waals surface area (Å²) in [6.45, 7) is 4.16. The van der Waals surface area contributed by atoms with Crippen molar-refractivity contribution >= 4 is 5.91 Å². The van der Waals surface area contributed by atoms with Crippen molar-refractivity contribution in [2.45, 2.75) is 13.8 Å². The minimum Gasteiger partial charge on any atom is -0.489 e. The first-order valence-corrected chi connectivity index (χ1v) is 6.65. The minimum absolute atomic E-state index is 0.129. The van der Waals surface area contributed by atoms with Crippen LogP contribution < -0.4 is 4.74 Å². The van der Waals surface area contributed by atoms with Crippen molar-refractivity contribution in [2.75, 3.05) is 20.2 Å². The van der Waals surface area contributed by atoms with Crippen molar-refractivity contribution in [3.05, 3.63) is 47.0 Å². The van der Waals surface area contributed by atoms with Crippen LogP contribution in [0, 0.1) is 19.7 Å². The van der Waals surface area contributed by atoms with Crippen molar-refractivity contribution in [3.8, 4) is 5.75 Å². The van der Waals surface area contributed by atoms with Crippen LogP contribution in [0.4, 0.5) is 4.39 Å². The van der Waals surface area contributed by atoms with Crippen LogP contribution in [0.25, 0.3) is 0 Å². The predicted molar refractivity (Wildman–Crippen MR) is 76.9 cm³/mol. The summed E-state index contributed by atoms with van der Waals surface area (Å²) in [4.78, 5) is 13.8. The second-order valence-corrected chi connectivity index (χ2v) is 4.81. The SMILES string of the molecule is Cc1n[nH]c(C)c1C(=O)N(C)CCOc1ccccc1F. The maximum absolute atomic E-state index is 13.4. The Labute approximate surface area is 122 Å². The van der Waals surface area contributed by atoms with E-state index in [1.165, 1.54) is 11.0 Å². The molecule has 1 N–H and O–H groups in total. The lowest BCUT2D eigenvalue weighted by Gasteiger charge is -2.17. The lowest BCUT2D eigenvalue weighted by Crippen LogP contribution is -2.31. The van der Waals surface area contributed by atoms with Crippen LogP contribution in [-0.2, 0) is 0 Å². The molecular weight excluding hydrogens is 273 g/mol. The van der Waals surface area contributed by atoms with Crippen LogP contribution in [0.15, 0.2) is 24.3 Å². The first-order valence-electron chi connectivity index (χ1n) is 6.65. The second-order valence-electron chi connectivity index (χ2n) is 4.81. The standard InChI is InChI=1S/C15H18FN3O2/c1-10-14(11(2)18-17-10)15(20)19(3)8-9-21-13-7-5-4-6-12(13)16/h4-7H,8-9H2,1-3H3,(H,17,18). The average molecular weight is 291 g/mol. The van der Waals surface area contributed by atoms with E-state index in [1.54, 1.807) is 39.1 Å². The molecule has 0 fully saturated rings. The summed E-state index contributed by atoms with van der Waals surface area (Å²) in [5.41, 5.74) is 1.97. The van der Waals surface area contributed by atoms with Gasteiger partial charge in [-0.25, -0.2) is 4.39 Å². The third-order valence-corrected chi connectivity index (χ3v) is 3.21. The molecule has 2 rings (SSSR count). The number of benzene rings is 1. The van der Waals surface area contributed by atoms with Gasteiger partial charge in [0, 0.05) is 12.7 Å². The molecule has 0 saturated heterocycles. The highest BCUT2D eigenvalue weighted by molar-refractivity contribution is 5.96. The number of aromatic nitrogens is 2. The number of para-hydroxylation sites is 1. The molecule has 0 unspecified atom stereocenters. The van der Waals surface area contributed by atoms with Crippen molar-refractivity contribution in [3.63, 3.8) is 0 Å². The molecule has 1 amide bonds. The summed E-state index contributed by atoms with van der Waals surface area (Å²) in [5.74, 6) is -0.349. The van der Waals surface area contributed by atoms with E-state index in [4.69, 9.17) is 4.74 Å². The number of amides is 1. The van der Waals surface area contributed by atoms with Gasteiger partial charge in [-0.15, -0.1) is 0 Å². The van der Waals surface area contributed by atoms with Crippen molar-refractivity contribution in [1.82, 2.24) is 15.1 Å². The number of aromatic amines is 1. The topological polar surface area (TPSA) is 58.2 Å². The summed E-state index contributed by atoms with van der Waals surface area (Å²) >= 11 is 0. The number of H-pyrrole nitrogens is 1. The number of hydrogen-bond acceptors (Lipinski definition) is 3. The van der Waals surface area contributed by atoms with Gasteiger partial charge >= 0.3 is 0 Å². The Kier molecular flexibility index (Phi) is 4.57. The summed E-state index contributed by atoms with van der Waals surface area (Å²) in [6.07, 6.45) is 0. The summed E-state index contributed by atoms with van der Waals surface area (Å²) in [5, 5.41) is 6.79. The quantitative estimate of drug-likeness (QED) is 0.919. The number of nitrogens with zero attached hydrogens (tertiary/aromatic N) is 2. The van der Waals surface area contributed by atoms with Crippen molar-refractivity contribution < 1.29 is 13.9 Å². The smallest absolute Gasteiger partial charge is 0.257 e. The molecule has 0 aliphatic rings. The Morgan fingerprint density at radius 3 is 2.71 bits per heavy atom. The fourth-order valence-corrected chi connectivity index (χ4v) is 2.01. The molecule has 2 aromatic rings. The molecule has 1 aromatic heterocycles. The third-order valence-electron chi connectivity index (χ3n) is 3.21. The number of carbonyl (C=O) groups excluding carboxylic acids is 1. The van der Waals surface area contributed by atoms with Crippen LogP contribution in [0.1, 0.15) is 21.7 Å². The highest BCUT2D eigenvalue weighted by Gasteiger charge is 2.19. The molecule has 0 aliphatic carbocycles. The second kappa shape index (κ2) is 6.39. The highest BCUT2D eigenvalue weighted by Crippen LogP contribution is 2.15. The van der Waals surface area contributed by atoms with Crippen LogP contribution in [-0.4, -0.2) is 41.2 Å². The number of hydrogen-bond donors (Lipinski definition) is 1. The van der Waals surface area contributed by atoms with Crippen LogP contribution in [0.5, 0.6) is 5.75 Å². The lowest BCUT2D eigenvalue weighted by atomic mass is 10.2. The van der Waals surface area contributed by atoms with E-state index in [0.29, 0.717) is 17.8 Å². The lowest BCUT2D eigenvalue weighted by molar-refractivity contribution is 0.0771. The Morgan fingerprint density at radius 1 is 1.38 bits per heavy atom. The van der Waals surface area contributed by atoms with E-state index in [1.807, 2.05) is 0 Å². The van der Waals surface area contributed by atoms with Gasteiger partial charge in [0.2, 0.25) is 0 Å². The average Bonchev–Trinajstić information content (AvgIpc) is 2.79. The molecular formula is C15H18FN3O2. The van der Waals surface area contributed by atoms with E-state index in [0.717, 1.165) is 5.69 Å². The molecule has 112 valence electrons. The van der Waals surface area contributed by atoms with Crippen molar-refractivity contribution in [1.29, 1.82) is 0 Å². The Hall–Kier alpha value is -2.37. The van der Waals surface area contributed by atoms with Gasteiger partial charge in [-0.3, -0.25) is 9.89 Å². The van der Waals surface area contributed by atoms with E-state index < -0.39 is 5.82 Å². The number of likely N-dealkylation sites (N-methyl/N-ethyl adjacent to an activating group) is 1. The zero-order valence-electron chi connectivity index (χ0n) is 12.3. The summed E-state index contributed by atoms with van der Waals surface area (Å²) in [7, 11) is 1.68. The third kappa shape index (κ3) is 3.39. The number of nitrogens with one attached hydrogen (secondary N) is 1. The number of ether oxygens (including phenoxy) is 1. The molecule has 0 bridgehead atoms. The number of carbonyl (C=O) groups is 1. The molecule has 0 saturated carbocycles. The van der Waals surface area contributed by atoms with Crippen LogP contribution in [0.2, 0.25) is 0 Å². The Balaban J connectivity index is 1.92. The molecule has 1 aromatic carbocycles. The minimum atomic E-state index is -0.409. The molecule has 6 heteroatoms. The molecule has 0 aliphatic heterocycles.